The summed E-state index contributed by atoms with van der Waals surface area (Å²) in [6, 6.07) is 20.7. The minimum absolute atomic E-state index is 0.114. The molecule has 2 aromatic heterocycles. The molecule has 0 saturated carbocycles. The summed E-state index contributed by atoms with van der Waals surface area (Å²) < 4.78 is 12.1. The Morgan fingerprint density at radius 1 is 1.03 bits per heavy atom. The largest absolute Gasteiger partial charge is 0.497 e. The number of carbonyl (C=O) groups excluding carboxylic acids is 1. The summed E-state index contributed by atoms with van der Waals surface area (Å²) in [6.07, 6.45) is 1.48. The van der Waals surface area contributed by atoms with E-state index in [1.807, 2.05) is 53.4 Å². The highest BCUT2D eigenvalue weighted by Crippen LogP contribution is 2.30. The molecule has 8 heteroatoms. The van der Waals surface area contributed by atoms with Crippen molar-refractivity contribution in [1.82, 2.24) is 9.47 Å². The summed E-state index contributed by atoms with van der Waals surface area (Å²) in [4.78, 5) is 30.0. The number of rotatable bonds is 5. The molecule has 3 heterocycles. The molecule has 5 rings (SSSR count). The maximum Gasteiger partial charge on any atom is 0.289 e. The monoisotopic (exact) mass is 468 g/mol. The molecule has 0 atom stereocenters. The third-order valence-electron chi connectivity index (χ3n) is 6.37. The molecule has 1 aliphatic rings. The van der Waals surface area contributed by atoms with Crippen LogP contribution in [0.3, 0.4) is 0 Å². The van der Waals surface area contributed by atoms with Gasteiger partial charge in [0.25, 0.3) is 11.5 Å². The molecule has 0 spiro atoms. The molecule has 0 bridgehead atoms. The Morgan fingerprint density at radius 3 is 2.43 bits per heavy atom. The second kappa shape index (κ2) is 9.39. The summed E-state index contributed by atoms with van der Waals surface area (Å²) in [5.41, 5.74) is 2.11. The maximum atomic E-state index is 13.5. The zero-order valence-electron chi connectivity index (χ0n) is 19.3. The lowest BCUT2D eigenvalue weighted by Crippen LogP contribution is -2.49. The Hall–Kier alpha value is -4.51. The summed E-state index contributed by atoms with van der Waals surface area (Å²) in [5.74, 6) is 0.890. The van der Waals surface area contributed by atoms with Crippen LogP contribution in [-0.4, -0.2) is 48.7 Å². The standard InChI is InChI=1S/C27H24N4O4/c1-34-20-10-8-19(9-11-20)18-31-23-6-3-2-5-21(23)25(22(17-28)26(31)32)29-12-14-30(15-13-29)27(33)24-7-4-16-35-24/h2-11,16H,12-15,18H2,1H3. The summed E-state index contributed by atoms with van der Waals surface area (Å²) in [7, 11) is 1.61. The fourth-order valence-corrected chi connectivity index (χ4v) is 4.58. The number of piperazine rings is 1. The number of furan rings is 1. The third-order valence-corrected chi connectivity index (χ3v) is 6.37. The van der Waals surface area contributed by atoms with E-state index in [4.69, 9.17) is 9.15 Å². The van der Waals surface area contributed by atoms with E-state index in [2.05, 4.69) is 6.07 Å². The van der Waals surface area contributed by atoms with Crippen molar-refractivity contribution >= 4 is 22.5 Å². The molecule has 0 unspecified atom stereocenters. The van der Waals surface area contributed by atoms with Gasteiger partial charge >= 0.3 is 0 Å². The van der Waals surface area contributed by atoms with Crippen LogP contribution < -0.4 is 15.2 Å². The van der Waals surface area contributed by atoms with Gasteiger partial charge in [0.05, 0.1) is 31.1 Å². The average molecular weight is 469 g/mol. The molecule has 1 saturated heterocycles. The molecule has 1 fully saturated rings. The van der Waals surface area contributed by atoms with Crippen LogP contribution in [-0.2, 0) is 6.54 Å². The number of hydrogen-bond donors (Lipinski definition) is 0. The molecular formula is C27H24N4O4. The van der Waals surface area contributed by atoms with Gasteiger partial charge in [-0.05, 0) is 35.9 Å². The summed E-state index contributed by atoms with van der Waals surface area (Å²) >= 11 is 0. The van der Waals surface area contributed by atoms with Gasteiger partial charge in [-0.2, -0.15) is 5.26 Å². The van der Waals surface area contributed by atoms with Crippen LogP contribution in [0.15, 0.2) is 76.1 Å². The molecule has 2 aromatic carbocycles. The predicted octanol–water partition coefficient (Wildman–Crippen LogP) is 3.49. The number of nitriles is 1. The van der Waals surface area contributed by atoms with Crippen LogP contribution >= 0.6 is 0 Å². The number of carbonyl (C=O) groups is 1. The van der Waals surface area contributed by atoms with E-state index < -0.39 is 0 Å². The molecule has 35 heavy (non-hydrogen) atoms. The van der Waals surface area contributed by atoms with Gasteiger partial charge < -0.3 is 23.5 Å². The SMILES string of the molecule is COc1ccc(Cn2c(=O)c(C#N)c(N3CCN(C(=O)c4ccco4)CC3)c3ccccc32)cc1. The Bertz CT molecular complexity index is 1460. The lowest BCUT2D eigenvalue weighted by Gasteiger charge is -2.36. The highest BCUT2D eigenvalue weighted by Gasteiger charge is 2.27. The van der Waals surface area contributed by atoms with Crippen LogP contribution in [0.2, 0.25) is 0 Å². The number of fused-ring (bicyclic) bond motifs is 1. The number of hydrogen-bond acceptors (Lipinski definition) is 6. The third kappa shape index (κ3) is 4.13. The molecule has 0 N–H and O–H groups in total. The number of amides is 1. The van der Waals surface area contributed by atoms with Crippen LogP contribution in [0, 0.1) is 11.3 Å². The first-order valence-corrected chi connectivity index (χ1v) is 11.4. The van der Waals surface area contributed by atoms with Gasteiger partial charge in [-0.15, -0.1) is 0 Å². The molecule has 8 nitrogen and oxygen atoms in total. The lowest BCUT2D eigenvalue weighted by atomic mass is 10.1. The number of nitrogens with zero attached hydrogens (tertiary/aromatic N) is 4. The van der Waals surface area contributed by atoms with E-state index in [0.717, 1.165) is 22.2 Å². The van der Waals surface area contributed by atoms with Gasteiger partial charge in [0.2, 0.25) is 0 Å². The minimum Gasteiger partial charge on any atom is -0.497 e. The number of ether oxygens (including phenoxy) is 1. The first-order valence-electron chi connectivity index (χ1n) is 11.4. The van der Waals surface area contributed by atoms with Crippen LogP contribution in [0.1, 0.15) is 21.7 Å². The molecule has 4 aromatic rings. The number of para-hydroxylation sites is 1. The van der Waals surface area contributed by atoms with Crippen molar-refractivity contribution in [3.05, 3.63) is 94.2 Å². The number of anilines is 1. The Kier molecular flexibility index (Phi) is 5.98. The van der Waals surface area contributed by atoms with Gasteiger partial charge in [-0.3, -0.25) is 9.59 Å². The van der Waals surface area contributed by atoms with Crippen LogP contribution in [0.4, 0.5) is 5.69 Å². The first kappa shape index (κ1) is 22.3. The first-order chi connectivity index (χ1) is 17.1. The van der Waals surface area contributed by atoms with E-state index in [0.29, 0.717) is 44.2 Å². The fraction of sp³-hybridized carbons (Fsp3) is 0.222. The van der Waals surface area contributed by atoms with E-state index in [-0.39, 0.29) is 17.0 Å². The summed E-state index contributed by atoms with van der Waals surface area (Å²) in [6.45, 7) is 2.28. The quantitative estimate of drug-likeness (QED) is 0.445. The van der Waals surface area contributed by atoms with Crippen molar-refractivity contribution in [3.63, 3.8) is 0 Å². The van der Waals surface area contributed by atoms with Crippen molar-refractivity contribution < 1.29 is 13.9 Å². The van der Waals surface area contributed by atoms with E-state index in [1.54, 1.807) is 28.7 Å². The highest BCUT2D eigenvalue weighted by atomic mass is 16.5. The minimum atomic E-state index is -0.328. The van der Waals surface area contributed by atoms with Crippen LogP contribution in [0.25, 0.3) is 10.9 Å². The fourth-order valence-electron chi connectivity index (χ4n) is 4.58. The van der Waals surface area contributed by atoms with Gasteiger partial charge in [-0.1, -0.05) is 30.3 Å². The molecular weight excluding hydrogens is 444 g/mol. The van der Waals surface area contributed by atoms with Gasteiger partial charge in [-0.25, -0.2) is 0 Å². The molecule has 176 valence electrons. The van der Waals surface area contributed by atoms with Gasteiger partial charge in [0.1, 0.15) is 17.4 Å². The molecule has 1 amide bonds. The molecule has 0 aliphatic carbocycles. The van der Waals surface area contributed by atoms with Crippen molar-refractivity contribution in [3.8, 4) is 11.8 Å². The maximum absolute atomic E-state index is 13.5. The Morgan fingerprint density at radius 2 is 1.77 bits per heavy atom. The van der Waals surface area contributed by atoms with E-state index in [1.165, 1.54) is 6.26 Å². The number of methoxy groups -OCH3 is 1. The second-order valence-corrected chi connectivity index (χ2v) is 8.35. The van der Waals surface area contributed by atoms with Crippen molar-refractivity contribution in [2.45, 2.75) is 6.54 Å². The topological polar surface area (TPSA) is 91.7 Å². The summed E-state index contributed by atoms with van der Waals surface area (Å²) in [5, 5.41) is 10.9. The number of aromatic nitrogens is 1. The zero-order valence-corrected chi connectivity index (χ0v) is 19.3. The molecule has 0 radical (unpaired) electrons. The van der Waals surface area contributed by atoms with Crippen molar-refractivity contribution in [2.24, 2.45) is 0 Å². The Labute approximate surface area is 202 Å². The smallest absolute Gasteiger partial charge is 0.289 e. The average Bonchev–Trinajstić information content (AvgIpc) is 3.45. The number of pyridine rings is 1. The van der Waals surface area contributed by atoms with Gasteiger partial charge in [0, 0.05) is 31.6 Å². The van der Waals surface area contributed by atoms with Gasteiger partial charge in [0.15, 0.2) is 5.76 Å². The van der Waals surface area contributed by atoms with E-state index >= 15 is 0 Å². The zero-order chi connectivity index (χ0) is 24.4. The van der Waals surface area contributed by atoms with E-state index in [9.17, 15) is 14.9 Å². The highest BCUT2D eigenvalue weighted by molar-refractivity contribution is 5.95. The lowest BCUT2D eigenvalue weighted by molar-refractivity contribution is 0.0715. The van der Waals surface area contributed by atoms with Crippen LogP contribution in [0.5, 0.6) is 5.75 Å². The van der Waals surface area contributed by atoms with Crippen molar-refractivity contribution in [2.75, 3.05) is 38.2 Å². The Balaban J connectivity index is 1.50. The predicted molar refractivity (Wildman–Crippen MR) is 132 cm³/mol. The molecule has 1 aliphatic heterocycles. The van der Waals surface area contributed by atoms with Crippen molar-refractivity contribution in [1.29, 1.82) is 5.26 Å². The number of benzene rings is 2. The second-order valence-electron chi connectivity index (χ2n) is 8.35. The normalized spacial score (nSPS) is 13.6.